The molecule has 2 N–H and O–H groups in total. The first-order chi connectivity index (χ1) is 9.71. The summed E-state index contributed by atoms with van der Waals surface area (Å²) in [6, 6.07) is 0. The lowest BCUT2D eigenvalue weighted by molar-refractivity contribution is -0.153. The Bertz CT molecular complexity index is 501. The molecule has 22 heavy (non-hydrogen) atoms. The first kappa shape index (κ1) is 20.7. The summed E-state index contributed by atoms with van der Waals surface area (Å²) in [6.45, 7) is 9.66. The summed E-state index contributed by atoms with van der Waals surface area (Å²) < 4.78 is 10.7. The van der Waals surface area contributed by atoms with Crippen LogP contribution in [-0.4, -0.2) is 36.1 Å². The van der Waals surface area contributed by atoms with E-state index in [2.05, 4.69) is 20.6 Å². The van der Waals surface area contributed by atoms with Gasteiger partial charge < -0.3 is 19.8 Å². The molecule has 8 heteroatoms. The van der Waals surface area contributed by atoms with Gasteiger partial charge in [-0.15, -0.1) is 24.0 Å². The van der Waals surface area contributed by atoms with Gasteiger partial charge in [0.15, 0.2) is 5.96 Å². The van der Waals surface area contributed by atoms with Crippen molar-refractivity contribution in [2.45, 2.75) is 46.8 Å². The van der Waals surface area contributed by atoms with Crippen molar-refractivity contribution in [2.24, 2.45) is 4.99 Å². The minimum absolute atomic E-state index is 0. The molecule has 0 saturated carbocycles. The number of aromatic nitrogens is 1. The molecule has 0 saturated heterocycles. The zero-order valence-electron chi connectivity index (χ0n) is 13.9. The Morgan fingerprint density at radius 2 is 1.95 bits per heavy atom. The molecule has 0 spiro atoms. The number of ether oxygens (including phenoxy) is 1. The number of guanidine groups is 1. The first-order valence-corrected chi connectivity index (χ1v) is 6.80. The molecule has 1 heterocycles. The van der Waals surface area contributed by atoms with Crippen molar-refractivity contribution in [2.75, 3.05) is 13.6 Å². The smallest absolute Gasteiger partial charge is 0.325 e. The molecule has 0 bridgehead atoms. The number of nitrogens with zero attached hydrogens (tertiary/aromatic N) is 2. The number of oxazole rings is 1. The number of carbonyl (C=O) groups excluding carboxylic acids is 1. The highest BCUT2D eigenvalue weighted by Gasteiger charge is 2.16. The molecule has 1 rings (SSSR count). The van der Waals surface area contributed by atoms with Crippen LogP contribution < -0.4 is 10.6 Å². The number of esters is 1. The number of halogens is 1. The average molecular weight is 424 g/mol. The van der Waals surface area contributed by atoms with E-state index in [9.17, 15) is 4.79 Å². The van der Waals surface area contributed by atoms with Crippen molar-refractivity contribution < 1.29 is 13.9 Å². The lowest BCUT2D eigenvalue weighted by Gasteiger charge is -2.20. The molecule has 126 valence electrons. The van der Waals surface area contributed by atoms with Gasteiger partial charge in [-0.25, -0.2) is 4.98 Å². The monoisotopic (exact) mass is 424 g/mol. The highest BCUT2D eigenvalue weighted by Crippen LogP contribution is 2.07. The summed E-state index contributed by atoms with van der Waals surface area (Å²) in [5.41, 5.74) is 0.367. The van der Waals surface area contributed by atoms with Crippen LogP contribution >= 0.6 is 24.0 Å². The summed E-state index contributed by atoms with van der Waals surface area (Å²) in [4.78, 5) is 19.9. The largest absolute Gasteiger partial charge is 0.459 e. The minimum Gasteiger partial charge on any atom is -0.459 e. The van der Waals surface area contributed by atoms with Gasteiger partial charge in [0.05, 0.1) is 12.2 Å². The van der Waals surface area contributed by atoms with E-state index in [0.717, 1.165) is 11.5 Å². The van der Waals surface area contributed by atoms with Crippen LogP contribution in [0.3, 0.4) is 0 Å². The predicted molar refractivity (Wildman–Crippen MR) is 95.4 cm³/mol. The van der Waals surface area contributed by atoms with E-state index in [1.54, 1.807) is 7.05 Å². The van der Waals surface area contributed by atoms with E-state index >= 15 is 0 Å². The first-order valence-electron chi connectivity index (χ1n) is 6.80. The fraction of sp³-hybridized carbons (Fsp3) is 0.643. The van der Waals surface area contributed by atoms with Crippen LogP contribution in [0.5, 0.6) is 0 Å². The molecule has 0 aliphatic heterocycles. The van der Waals surface area contributed by atoms with E-state index in [1.807, 2.05) is 34.6 Å². The van der Waals surface area contributed by atoms with Gasteiger partial charge in [0.25, 0.3) is 0 Å². The maximum atomic E-state index is 11.6. The van der Waals surface area contributed by atoms with Crippen molar-refractivity contribution in [3.8, 4) is 0 Å². The predicted octanol–water partition coefficient (Wildman–Crippen LogP) is 1.92. The number of aryl methyl sites for hydroxylation is 2. The quantitative estimate of drug-likeness (QED) is 0.332. The third kappa shape index (κ3) is 7.62. The second kappa shape index (κ2) is 8.96. The highest BCUT2D eigenvalue weighted by atomic mass is 127. The molecule has 0 aliphatic rings. The maximum Gasteiger partial charge on any atom is 0.325 e. The number of nitrogens with one attached hydrogen (secondary N) is 2. The Balaban J connectivity index is 0.00000441. The second-order valence-corrected chi connectivity index (χ2v) is 5.61. The minimum atomic E-state index is -0.497. The Morgan fingerprint density at radius 1 is 1.32 bits per heavy atom. The van der Waals surface area contributed by atoms with E-state index in [0.29, 0.717) is 18.4 Å². The topological polar surface area (TPSA) is 88.8 Å². The van der Waals surface area contributed by atoms with Gasteiger partial charge in [-0.2, -0.15) is 0 Å². The molecular formula is C14H25IN4O3. The Labute approximate surface area is 148 Å². The van der Waals surface area contributed by atoms with Crippen LogP contribution in [0.1, 0.15) is 38.1 Å². The summed E-state index contributed by atoms with van der Waals surface area (Å²) >= 11 is 0. The SMILES string of the molecule is CN=C(NCC(=O)OC(C)(C)C)NCc1nc(C)c(C)o1.I. The van der Waals surface area contributed by atoms with Crippen LogP contribution in [0.15, 0.2) is 9.41 Å². The average Bonchev–Trinajstić information content (AvgIpc) is 2.67. The molecule has 1 aromatic heterocycles. The third-order valence-corrected chi connectivity index (χ3v) is 2.52. The number of hydrogen-bond acceptors (Lipinski definition) is 5. The molecule has 0 radical (unpaired) electrons. The second-order valence-electron chi connectivity index (χ2n) is 5.61. The summed E-state index contributed by atoms with van der Waals surface area (Å²) in [7, 11) is 1.62. The zero-order chi connectivity index (χ0) is 16.0. The van der Waals surface area contributed by atoms with Crippen LogP contribution in [0.4, 0.5) is 0 Å². The molecule has 0 aromatic carbocycles. The van der Waals surface area contributed by atoms with Crippen LogP contribution in [0.25, 0.3) is 0 Å². The molecular weight excluding hydrogens is 399 g/mol. The van der Waals surface area contributed by atoms with Gasteiger partial charge in [0.2, 0.25) is 5.89 Å². The zero-order valence-corrected chi connectivity index (χ0v) is 16.3. The lowest BCUT2D eigenvalue weighted by atomic mass is 10.2. The summed E-state index contributed by atoms with van der Waals surface area (Å²) in [6.07, 6.45) is 0. The van der Waals surface area contributed by atoms with Gasteiger partial charge in [0, 0.05) is 7.05 Å². The van der Waals surface area contributed by atoms with Crippen molar-refractivity contribution in [3.05, 3.63) is 17.3 Å². The van der Waals surface area contributed by atoms with Crippen LogP contribution in [0.2, 0.25) is 0 Å². The molecule has 0 unspecified atom stereocenters. The van der Waals surface area contributed by atoms with Crippen molar-refractivity contribution in [1.29, 1.82) is 0 Å². The van der Waals surface area contributed by atoms with Gasteiger partial charge >= 0.3 is 5.97 Å². The molecule has 7 nitrogen and oxygen atoms in total. The molecule has 0 atom stereocenters. The standard InChI is InChI=1S/C14H24N4O3.HI/c1-9-10(2)20-11(18-9)7-16-13(15-6)17-8-12(19)21-14(3,4)5;/h7-8H2,1-6H3,(H2,15,16,17);1H. The van der Waals surface area contributed by atoms with Crippen molar-refractivity contribution in [3.63, 3.8) is 0 Å². The van der Waals surface area contributed by atoms with Crippen molar-refractivity contribution >= 4 is 35.9 Å². The lowest BCUT2D eigenvalue weighted by Crippen LogP contribution is -2.41. The van der Waals surface area contributed by atoms with Crippen LogP contribution in [-0.2, 0) is 16.1 Å². The number of hydrogen-bond donors (Lipinski definition) is 2. The van der Waals surface area contributed by atoms with E-state index in [4.69, 9.17) is 9.15 Å². The van der Waals surface area contributed by atoms with Crippen molar-refractivity contribution in [1.82, 2.24) is 15.6 Å². The summed E-state index contributed by atoms with van der Waals surface area (Å²) in [5.74, 6) is 1.51. The molecule has 0 fully saturated rings. The highest BCUT2D eigenvalue weighted by molar-refractivity contribution is 14.0. The number of rotatable bonds is 4. The van der Waals surface area contributed by atoms with E-state index < -0.39 is 5.60 Å². The fourth-order valence-electron chi connectivity index (χ4n) is 1.53. The van der Waals surface area contributed by atoms with Gasteiger partial charge in [-0.05, 0) is 34.6 Å². The van der Waals surface area contributed by atoms with E-state index in [1.165, 1.54) is 0 Å². The number of aliphatic imine (C=N–C) groups is 1. The Kier molecular flexibility index (Phi) is 8.43. The number of carbonyl (C=O) groups is 1. The maximum absolute atomic E-state index is 11.6. The Hall–Kier alpha value is -1.32. The summed E-state index contributed by atoms with van der Waals surface area (Å²) in [5, 5.41) is 5.90. The van der Waals surface area contributed by atoms with Gasteiger partial charge in [-0.3, -0.25) is 9.79 Å². The van der Waals surface area contributed by atoms with Gasteiger partial charge in [-0.1, -0.05) is 0 Å². The van der Waals surface area contributed by atoms with Gasteiger partial charge in [0.1, 0.15) is 17.9 Å². The van der Waals surface area contributed by atoms with E-state index in [-0.39, 0.29) is 36.5 Å². The third-order valence-electron chi connectivity index (χ3n) is 2.52. The normalized spacial score (nSPS) is 11.6. The fourth-order valence-corrected chi connectivity index (χ4v) is 1.53. The van der Waals surface area contributed by atoms with Crippen LogP contribution in [0, 0.1) is 13.8 Å². The molecule has 0 aliphatic carbocycles. The molecule has 0 amide bonds. The molecule has 1 aromatic rings. The Morgan fingerprint density at radius 3 is 2.41 bits per heavy atom.